The number of nitro groups is 1. The first-order valence-electron chi connectivity index (χ1n) is 5.60. The number of non-ortho nitro benzene ring substituents is 1. The summed E-state index contributed by atoms with van der Waals surface area (Å²) >= 11 is 0. The molecule has 0 atom stereocenters. The molecule has 0 unspecified atom stereocenters. The Morgan fingerprint density at radius 3 is 2.89 bits per heavy atom. The van der Waals surface area contributed by atoms with Gasteiger partial charge in [-0.15, -0.1) is 0 Å². The highest BCUT2D eigenvalue weighted by Crippen LogP contribution is 2.26. The van der Waals surface area contributed by atoms with Gasteiger partial charge in [0.15, 0.2) is 0 Å². The minimum atomic E-state index is -0.500. The Balaban J connectivity index is 2.40. The predicted octanol–water partition coefficient (Wildman–Crippen LogP) is 2.20. The summed E-state index contributed by atoms with van der Waals surface area (Å²) in [6.45, 7) is 1.27. The highest BCUT2D eigenvalue weighted by atomic mass is 16.7. The van der Waals surface area contributed by atoms with Crippen LogP contribution in [0.4, 0.5) is 5.69 Å². The van der Waals surface area contributed by atoms with E-state index in [-0.39, 0.29) is 5.69 Å². The van der Waals surface area contributed by atoms with Crippen LogP contribution in [0, 0.1) is 10.1 Å². The molecule has 0 amide bonds. The van der Waals surface area contributed by atoms with Gasteiger partial charge in [0.05, 0.1) is 10.6 Å². The van der Waals surface area contributed by atoms with Crippen molar-refractivity contribution in [3.63, 3.8) is 0 Å². The average Bonchev–Trinajstić information content (AvgIpc) is 2.35. The van der Waals surface area contributed by atoms with E-state index < -0.39 is 10.9 Å². The third kappa shape index (κ3) is 2.53. The quantitative estimate of drug-likeness (QED) is 0.456. The number of rotatable bonds is 2. The molecule has 0 saturated carbocycles. The van der Waals surface area contributed by atoms with Crippen molar-refractivity contribution in [3.8, 4) is 0 Å². The van der Waals surface area contributed by atoms with Crippen molar-refractivity contribution in [1.29, 1.82) is 0 Å². The number of hydrogen-bond acceptors (Lipinski definition) is 5. The second-order valence-corrected chi connectivity index (χ2v) is 4.07. The highest BCUT2D eigenvalue weighted by molar-refractivity contribution is 6.03. The van der Waals surface area contributed by atoms with Crippen LogP contribution >= 0.6 is 0 Å². The van der Waals surface area contributed by atoms with Gasteiger partial charge in [-0.05, 0) is 24.8 Å². The van der Waals surface area contributed by atoms with Crippen LogP contribution in [-0.4, -0.2) is 16.6 Å². The lowest BCUT2D eigenvalue weighted by Gasteiger charge is -2.16. The summed E-state index contributed by atoms with van der Waals surface area (Å²) in [7, 11) is 0. The zero-order chi connectivity index (χ0) is 13.1. The first-order chi connectivity index (χ1) is 8.58. The van der Waals surface area contributed by atoms with Gasteiger partial charge in [0.2, 0.25) is 0 Å². The van der Waals surface area contributed by atoms with Gasteiger partial charge in [-0.1, -0.05) is 11.2 Å². The van der Waals surface area contributed by atoms with Gasteiger partial charge in [0.1, 0.15) is 0 Å². The maximum atomic E-state index is 10.7. The standard InChI is InChI=1S/C12H12N2O4/c1-8(15)18-13-12-4-2-3-9-5-6-10(14(16)17)7-11(9)12/h5-7H,2-4H2,1H3/b13-12+. The molecule has 0 spiro atoms. The van der Waals surface area contributed by atoms with E-state index in [4.69, 9.17) is 0 Å². The molecule has 1 aromatic carbocycles. The Morgan fingerprint density at radius 1 is 1.44 bits per heavy atom. The Labute approximate surface area is 103 Å². The normalized spacial score (nSPS) is 16.2. The van der Waals surface area contributed by atoms with Crippen molar-refractivity contribution in [2.75, 3.05) is 0 Å². The fraction of sp³-hybridized carbons (Fsp3) is 0.333. The zero-order valence-corrected chi connectivity index (χ0v) is 9.88. The number of nitrogens with zero attached hydrogens (tertiary/aromatic N) is 2. The second-order valence-electron chi connectivity index (χ2n) is 4.07. The Kier molecular flexibility index (Phi) is 3.36. The van der Waals surface area contributed by atoms with Crippen LogP contribution in [-0.2, 0) is 16.1 Å². The van der Waals surface area contributed by atoms with E-state index in [0.29, 0.717) is 17.7 Å². The number of hydrogen-bond donors (Lipinski definition) is 0. The molecule has 0 radical (unpaired) electrons. The first kappa shape index (κ1) is 12.2. The number of oxime groups is 1. The Hall–Kier alpha value is -2.24. The topological polar surface area (TPSA) is 81.8 Å². The van der Waals surface area contributed by atoms with E-state index >= 15 is 0 Å². The molecule has 0 heterocycles. The third-order valence-corrected chi connectivity index (χ3v) is 2.76. The van der Waals surface area contributed by atoms with Crippen molar-refractivity contribution in [2.45, 2.75) is 26.2 Å². The largest absolute Gasteiger partial charge is 0.331 e. The van der Waals surface area contributed by atoms with Gasteiger partial charge in [0.25, 0.3) is 5.69 Å². The summed E-state index contributed by atoms with van der Waals surface area (Å²) < 4.78 is 0. The van der Waals surface area contributed by atoms with E-state index in [0.717, 1.165) is 18.4 Å². The van der Waals surface area contributed by atoms with E-state index in [9.17, 15) is 14.9 Å². The van der Waals surface area contributed by atoms with Crippen molar-refractivity contribution in [1.82, 2.24) is 0 Å². The second kappa shape index (κ2) is 4.95. The van der Waals surface area contributed by atoms with Crippen LogP contribution in [0.25, 0.3) is 0 Å². The number of fused-ring (bicyclic) bond motifs is 1. The van der Waals surface area contributed by atoms with E-state index in [1.54, 1.807) is 6.07 Å². The summed E-state index contributed by atoms with van der Waals surface area (Å²) in [5.74, 6) is -0.500. The van der Waals surface area contributed by atoms with Crippen LogP contribution in [0.3, 0.4) is 0 Å². The third-order valence-electron chi connectivity index (χ3n) is 2.76. The lowest BCUT2D eigenvalue weighted by atomic mass is 9.90. The van der Waals surface area contributed by atoms with E-state index in [1.807, 2.05) is 0 Å². The molecule has 0 aliphatic heterocycles. The lowest BCUT2D eigenvalue weighted by molar-refractivity contribution is -0.384. The van der Waals surface area contributed by atoms with Gasteiger partial charge in [0, 0.05) is 24.6 Å². The van der Waals surface area contributed by atoms with E-state index in [1.165, 1.54) is 19.1 Å². The van der Waals surface area contributed by atoms with Crippen LogP contribution in [0.1, 0.15) is 30.9 Å². The Morgan fingerprint density at radius 2 is 2.22 bits per heavy atom. The summed E-state index contributed by atoms with van der Waals surface area (Å²) in [5.41, 5.74) is 2.32. The molecule has 1 aliphatic carbocycles. The molecule has 0 aromatic heterocycles. The fourth-order valence-electron chi connectivity index (χ4n) is 1.96. The fourth-order valence-corrected chi connectivity index (χ4v) is 1.96. The molecule has 0 saturated heterocycles. The molecule has 1 aliphatic rings. The van der Waals surface area contributed by atoms with Gasteiger partial charge in [-0.3, -0.25) is 10.1 Å². The molecule has 0 fully saturated rings. The van der Waals surface area contributed by atoms with Gasteiger partial charge < -0.3 is 4.84 Å². The molecule has 6 nitrogen and oxygen atoms in total. The van der Waals surface area contributed by atoms with Crippen molar-refractivity contribution in [2.24, 2.45) is 5.16 Å². The number of carbonyl (C=O) groups is 1. The number of aryl methyl sites for hydroxylation is 1. The number of nitro benzene ring substituents is 1. The molecule has 2 rings (SSSR count). The van der Waals surface area contributed by atoms with E-state index in [2.05, 4.69) is 9.99 Å². The Bertz CT molecular complexity index is 537. The molecule has 0 N–H and O–H groups in total. The SMILES string of the molecule is CC(=O)O/N=C1\CCCc2ccc([N+](=O)[O-])cc21. The van der Waals surface area contributed by atoms with Crippen LogP contribution in [0.2, 0.25) is 0 Å². The molecule has 94 valence electrons. The van der Waals surface area contributed by atoms with Crippen LogP contribution < -0.4 is 0 Å². The smallest absolute Gasteiger partial charge is 0.318 e. The molecular weight excluding hydrogens is 236 g/mol. The highest BCUT2D eigenvalue weighted by Gasteiger charge is 2.19. The molecule has 0 bridgehead atoms. The maximum Gasteiger partial charge on any atom is 0.331 e. The lowest BCUT2D eigenvalue weighted by Crippen LogP contribution is -2.13. The van der Waals surface area contributed by atoms with Gasteiger partial charge in [-0.25, -0.2) is 4.79 Å². The summed E-state index contributed by atoms with van der Waals surface area (Å²) in [6, 6.07) is 4.69. The monoisotopic (exact) mass is 248 g/mol. The van der Waals surface area contributed by atoms with Gasteiger partial charge >= 0.3 is 5.97 Å². The number of carbonyl (C=O) groups excluding carboxylic acids is 1. The van der Waals surface area contributed by atoms with Crippen molar-refractivity contribution in [3.05, 3.63) is 39.4 Å². The molecule has 1 aromatic rings. The molecular formula is C12H12N2O4. The average molecular weight is 248 g/mol. The molecule has 6 heteroatoms. The maximum absolute atomic E-state index is 10.7. The molecule has 18 heavy (non-hydrogen) atoms. The van der Waals surface area contributed by atoms with Crippen LogP contribution in [0.15, 0.2) is 23.4 Å². The first-order valence-corrected chi connectivity index (χ1v) is 5.60. The summed E-state index contributed by atoms with van der Waals surface area (Å²) in [6.07, 6.45) is 2.40. The van der Waals surface area contributed by atoms with Crippen molar-refractivity contribution < 1.29 is 14.6 Å². The number of benzene rings is 1. The summed E-state index contributed by atoms with van der Waals surface area (Å²) in [4.78, 5) is 25.6. The van der Waals surface area contributed by atoms with Crippen molar-refractivity contribution >= 4 is 17.4 Å². The minimum absolute atomic E-state index is 0.0196. The zero-order valence-electron chi connectivity index (χ0n) is 9.88. The minimum Gasteiger partial charge on any atom is -0.318 e. The predicted molar refractivity (Wildman–Crippen MR) is 64.3 cm³/mol. The van der Waals surface area contributed by atoms with Gasteiger partial charge in [-0.2, -0.15) is 0 Å². The van der Waals surface area contributed by atoms with Crippen LogP contribution in [0.5, 0.6) is 0 Å². The summed E-state index contributed by atoms with van der Waals surface area (Å²) in [5, 5.41) is 14.5.